The van der Waals surface area contributed by atoms with Crippen LogP contribution in [-0.4, -0.2) is 18.1 Å². The highest BCUT2D eigenvalue weighted by molar-refractivity contribution is 5.41. The van der Waals surface area contributed by atoms with Crippen LogP contribution in [-0.2, 0) is 12.0 Å². The summed E-state index contributed by atoms with van der Waals surface area (Å²) in [4.78, 5) is 4.77. The Balaban J connectivity index is 2.89. The molecule has 20 heavy (non-hydrogen) atoms. The predicted octanol–water partition coefficient (Wildman–Crippen LogP) is 3.95. The Morgan fingerprint density at radius 2 is 1.90 bits per heavy atom. The van der Waals surface area contributed by atoms with Gasteiger partial charge in [0.25, 0.3) is 0 Å². The minimum atomic E-state index is 0.0784. The molecule has 0 bridgehead atoms. The molecule has 0 saturated heterocycles. The second-order valence-corrected chi connectivity index (χ2v) is 6.95. The average Bonchev–Trinajstić information content (AvgIpc) is 2.35. The van der Waals surface area contributed by atoms with E-state index in [9.17, 15) is 0 Å². The van der Waals surface area contributed by atoms with E-state index in [1.807, 2.05) is 0 Å². The van der Waals surface area contributed by atoms with Crippen LogP contribution in [0.15, 0.2) is 12.1 Å². The Labute approximate surface area is 124 Å². The van der Waals surface area contributed by atoms with E-state index in [-0.39, 0.29) is 5.41 Å². The Kier molecular flexibility index (Phi) is 6.47. The lowest BCUT2D eigenvalue weighted by atomic mass is 9.90. The fourth-order valence-corrected chi connectivity index (χ4v) is 1.88. The standard InChI is InChI=1S/C17H31N3/c1-7-8-18-12-14-9-15(17(4,5)6)20-16(10-14)19-11-13(2)3/h9-10,13,18H,7-8,11-12H2,1-6H3,(H,19,20). The molecule has 2 N–H and O–H groups in total. The molecule has 0 spiro atoms. The van der Waals surface area contributed by atoms with Crippen molar-refractivity contribution in [2.24, 2.45) is 5.92 Å². The van der Waals surface area contributed by atoms with E-state index in [0.29, 0.717) is 5.92 Å². The molecule has 114 valence electrons. The van der Waals surface area contributed by atoms with Crippen LogP contribution in [0.25, 0.3) is 0 Å². The van der Waals surface area contributed by atoms with Gasteiger partial charge in [0.1, 0.15) is 5.82 Å². The summed E-state index contributed by atoms with van der Waals surface area (Å²) in [5, 5.41) is 6.92. The molecule has 0 atom stereocenters. The van der Waals surface area contributed by atoms with E-state index in [1.54, 1.807) is 0 Å². The molecule has 0 unspecified atom stereocenters. The maximum Gasteiger partial charge on any atom is 0.126 e. The van der Waals surface area contributed by atoms with Gasteiger partial charge in [-0.1, -0.05) is 41.5 Å². The second-order valence-electron chi connectivity index (χ2n) is 6.95. The van der Waals surface area contributed by atoms with Gasteiger partial charge in [0.05, 0.1) is 0 Å². The Morgan fingerprint density at radius 3 is 2.45 bits per heavy atom. The lowest BCUT2D eigenvalue weighted by molar-refractivity contribution is 0.566. The number of anilines is 1. The van der Waals surface area contributed by atoms with Crippen molar-refractivity contribution in [1.29, 1.82) is 0 Å². The van der Waals surface area contributed by atoms with Crippen molar-refractivity contribution < 1.29 is 0 Å². The Bertz CT molecular complexity index is 405. The first-order chi connectivity index (χ1) is 9.32. The van der Waals surface area contributed by atoms with Crippen molar-refractivity contribution in [2.45, 2.75) is 59.9 Å². The van der Waals surface area contributed by atoms with E-state index in [1.165, 1.54) is 5.56 Å². The van der Waals surface area contributed by atoms with Gasteiger partial charge < -0.3 is 10.6 Å². The summed E-state index contributed by atoms with van der Waals surface area (Å²) in [5.74, 6) is 1.62. The van der Waals surface area contributed by atoms with Crippen LogP contribution >= 0.6 is 0 Å². The summed E-state index contributed by atoms with van der Waals surface area (Å²) >= 11 is 0. The summed E-state index contributed by atoms with van der Waals surface area (Å²) < 4.78 is 0. The van der Waals surface area contributed by atoms with Gasteiger partial charge >= 0.3 is 0 Å². The first kappa shape index (κ1) is 17.0. The molecule has 1 heterocycles. The first-order valence-electron chi connectivity index (χ1n) is 7.79. The number of pyridine rings is 1. The van der Waals surface area contributed by atoms with Gasteiger partial charge in [-0.2, -0.15) is 0 Å². The zero-order chi connectivity index (χ0) is 15.2. The predicted molar refractivity (Wildman–Crippen MR) is 88.3 cm³/mol. The third kappa shape index (κ3) is 5.91. The van der Waals surface area contributed by atoms with E-state index < -0.39 is 0 Å². The van der Waals surface area contributed by atoms with Gasteiger partial charge in [0, 0.05) is 24.2 Å². The second kappa shape index (κ2) is 7.63. The van der Waals surface area contributed by atoms with Crippen LogP contribution in [0.1, 0.15) is 59.2 Å². The molecule has 0 aliphatic heterocycles. The molecule has 0 aliphatic rings. The smallest absolute Gasteiger partial charge is 0.126 e. The van der Waals surface area contributed by atoms with E-state index in [0.717, 1.165) is 37.6 Å². The number of nitrogens with one attached hydrogen (secondary N) is 2. The van der Waals surface area contributed by atoms with Crippen LogP contribution in [0.2, 0.25) is 0 Å². The van der Waals surface area contributed by atoms with E-state index >= 15 is 0 Å². The summed E-state index contributed by atoms with van der Waals surface area (Å²) in [5.41, 5.74) is 2.54. The minimum Gasteiger partial charge on any atom is -0.370 e. The molecular weight excluding hydrogens is 246 g/mol. The maximum atomic E-state index is 4.77. The Hall–Kier alpha value is -1.09. The molecule has 0 aliphatic carbocycles. The monoisotopic (exact) mass is 277 g/mol. The lowest BCUT2D eigenvalue weighted by Gasteiger charge is -2.21. The largest absolute Gasteiger partial charge is 0.370 e. The maximum absolute atomic E-state index is 4.77. The van der Waals surface area contributed by atoms with Crippen molar-refractivity contribution in [1.82, 2.24) is 10.3 Å². The van der Waals surface area contributed by atoms with E-state index in [4.69, 9.17) is 4.98 Å². The van der Waals surface area contributed by atoms with Gasteiger partial charge in [0.15, 0.2) is 0 Å². The molecule has 0 aromatic carbocycles. The lowest BCUT2D eigenvalue weighted by Crippen LogP contribution is -2.19. The molecule has 0 fully saturated rings. The number of aromatic nitrogens is 1. The number of rotatable bonds is 7. The highest BCUT2D eigenvalue weighted by Gasteiger charge is 2.17. The van der Waals surface area contributed by atoms with Crippen LogP contribution in [0.5, 0.6) is 0 Å². The van der Waals surface area contributed by atoms with Crippen molar-refractivity contribution in [3.05, 3.63) is 23.4 Å². The first-order valence-corrected chi connectivity index (χ1v) is 7.79. The summed E-state index contributed by atoms with van der Waals surface area (Å²) in [7, 11) is 0. The van der Waals surface area contributed by atoms with Gasteiger partial charge in [-0.3, -0.25) is 0 Å². The fraction of sp³-hybridized carbons (Fsp3) is 0.706. The van der Waals surface area contributed by atoms with Crippen LogP contribution in [0.4, 0.5) is 5.82 Å². The average molecular weight is 277 g/mol. The van der Waals surface area contributed by atoms with Gasteiger partial charge in [0.2, 0.25) is 0 Å². The van der Waals surface area contributed by atoms with Crippen molar-refractivity contribution in [3.63, 3.8) is 0 Å². The minimum absolute atomic E-state index is 0.0784. The van der Waals surface area contributed by atoms with Crippen molar-refractivity contribution >= 4 is 5.82 Å². The Morgan fingerprint density at radius 1 is 1.20 bits per heavy atom. The molecule has 1 aromatic heterocycles. The third-order valence-electron chi connectivity index (χ3n) is 3.10. The molecular formula is C17H31N3. The molecule has 3 heteroatoms. The molecule has 0 saturated carbocycles. The number of hydrogen-bond donors (Lipinski definition) is 2. The molecule has 3 nitrogen and oxygen atoms in total. The molecule has 1 aromatic rings. The topological polar surface area (TPSA) is 37.0 Å². The fourth-order valence-electron chi connectivity index (χ4n) is 1.88. The van der Waals surface area contributed by atoms with Gasteiger partial charge in [-0.25, -0.2) is 4.98 Å². The zero-order valence-corrected chi connectivity index (χ0v) is 14.0. The zero-order valence-electron chi connectivity index (χ0n) is 14.0. The summed E-state index contributed by atoms with van der Waals surface area (Å²) in [6.07, 6.45) is 1.16. The van der Waals surface area contributed by atoms with Crippen molar-refractivity contribution in [3.8, 4) is 0 Å². The number of hydrogen-bond acceptors (Lipinski definition) is 3. The van der Waals surface area contributed by atoms with E-state index in [2.05, 4.69) is 64.3 Å². The SMILES string of the molecule is CCCNCc1cc(NCC(C)C)nc(C(C)(C)C)c1. The highest BCUT2D eigenvalue weighted by Crippen LogP contribution is 2.23. The highest BCUT2D eigenvalue weighted by atomic mass is 15.0. The number of nitrogens with zero attached hydrogens (tertiary/aromatic N) is 1. The summed E-state index contributed by atoms with van der Waals surface area (Å²) in [6.45, 7) is 16.2. The third-order valence-corrected chi connectivity index (χ3v) is 3.10. The van der Waals surface area contributed by atoms with Gasteiger partial charge in [-0.05, 0) is 36.6 Å². The van der Waals surface area contributed by atoms with Crippen LogP contribution in [0, 0.1) is 5.92 Å². The quantitative estimate of drug-likeness (QED) is 0.741. The molecule has 1 rings (SSSR count). The van der Waals surface area contributed by atoms with Crippen LogP contribution in [0.3, 0.4) is 0 Å². The summed E-state index contributed by atoms with van der Waals surface area (Å²) in [6, 6.07) is 4.39. The normalized spacial score (nSPS) is 11.9. The van der Waals surface area contributed by atoms with Crippen LogP contribution < -0.4 is 10.6 Å². The molecule has 0 radical (unpaired) electrons. The van der Waals surface area contributed by atoms with Crippen molar-refractivity contribution in [2.75, 3.05) is 18.4 Å². The van der Waals surface area contributed by atoms with Gasteiger partial charge in [-0.15, -0.1) is 0 Å². The molecule has 0 amide bonds.